The molecule has 2 aliphatic carbocycles. The maximum atomic E-state index is 15.0. The van der Waals surface area contributed by atoms with E-state index in [0.717, 1.165) is 38.0 Å². The van der Waals surface area contributed by atoms with Crippen LogP contribution in [0.2, 0.25) is 0 Å². The average Bonchev–Trinajstić information content (AvgIpc) is 2.64. The molecule has 0 aromatic heterocycles. The minimum absolute atomic E-state index is 0.153. The van der Waals surface area contributed by atoms with Gasteiger partial charge in [0.1, 0.15) is 0 Å². The number of hydrogen-bond donors (Lipinski definition) is 0. The lowest BCUT2D eigenvalue weighted by atomic mass is 9.66. The van der Waals surface area contributed by atoms with Crippen molar-refractivity contribution < 1.29 is 17.9 Å². The van der Waals surface area contributed by atoms with Crippen LogP contribution in [0.1, 0.15) is 83.1 Å². The van der Waals surface area contributed by atoms with Gasteiger partial charge in [-0.2, -0.15) is 0 Å². The molecule has 152 valence electrons. The van der Waals surface area contributed by atoms with Crippen molar-refractivity contribution in [3.05, 3.63) is 29.6 Å². The van der Waals surface area contributed by atoms with Gasteiger partial charge in [0, 0.05) is 12.3 Å². The zero-order valence-electron chi connectivity index (χ0n) is 16.7. The number of alkyl halides is 2. The molecule has 0 heterocycles. The van der Waals surface area contributed by atoms with Crippen molar-refractivity contribution in [2.24, 2.45) is 17.8 Å². The first kappa shape index (κ1) is 20.5. The molecule has 0 bridgehead atoms. The maximum Gasteiger partial charge on any atom is 0.251 e. The summed E-state index contributed by atoms with van der Waals surface area (Å²) >= 11 is 0. The maximum absolute atomic E-state index is 15.0. The summed E-state index contributed by atoms with van der Waals surface area (Å²) in [5, 5.41) is 0. The summed E-state index contributed by atoms with van der Waals surface area (Å²) in [5.41, 5.74) is 0.681. The predicted molar refractivity (Wildman–Crippen MR) is 103 cm³/mol. The fourth-order valence-corrected chi connectivity index (χ4v) is 5.37. The molecule has 0 aliphatic heterocycles. The van der Waals surface area contributed by atoms with Gasteiger partial charge in [-0.25, -0.2) is 13.2 Å². The van der Waals surface area contributed by atoms with Crippen molar-refractivity contribution >= 4 is 0 Å². The SMILES string of the molecule is CCCC1CCC([C@H]2CC[C@H](c3ccc(OCC)c(F)c3)CC2(F)F)CC1. The van der Waals surface area contributed by atoms with Crippen molar-refractivity contribution in [2.75, 3.05) is 6.61 Å². The lowest BCUT2D eigenvalue weighted by Gasteiger charge is -2.42. The van der Waals surface area contributed by atoms with Crippen LogP contribution >= 0.6 is 0 Å². The third-order valence-corrected chi connectivity index (χ3v) is 6.77. The molecule has 2 atom stereocenters. The van der Waals surface area contributed by atoms with Gasteiger partial charge in [0.05, 0.1) is 6.61 Å². The van der Waals surface area contributed by atoms with E-state index < -0.39 is 17.7 Å². The molecule has 2 aliphatic rings. The molecule has 2 fully saturated rings. The molecule has 4 heteroatoms. The number of halogens is 3. The highest BCUT2D eigenvalue weighted by Gasteiger charge is 2.49. The Morgan fingerprint density at radius 3 is 2.37 bits per heavy atom. The number of benzene rings is 1. The van der Waals surface area contributed by atoms with E-state index in [1.807, 2.05) is 0 Å². The van der Waals surface area contributed by atoms with Crippen molar-refractivity contribution in [3.8, 4) is 5.75 Å². The van der Waals surface area contributed by atoms with Gasteiger partial charge in [0.25, 0.3) is 5.92 Å². The monoisotopic (exact) mass is 382 g/mol. The summed E-state index contributed by atoms with van der Waals surface area (Å²) in [6, 6.07) is 4.72. The van der Waals surface area contributed by atoms with Gasteiger partial charge in [-0.1, -0.05) is 38.7 Å². The highest BCUT2D eigenvalue weighted by atomic mass is 19.3. The summed E-state index contributed by atoms with van der Waals surface area (Å²) < 4.78 is 49.4. The van der Waals surface area contributed by atoms with Crippen molar-refractivity contribution in [1.82, 2.24) is 0 Å². The average molecular weight is 383 g/mol. The molecular weight excluding hydrogens is 349 g/mol. The topological polar surface area (TPSA) is 9.23 Å². The Balaban J connectivity index is 1.63. The minimum Gasteiger partial charge on any atom is -0.491 e. The van der Waals surface area contributed by atoms with Crippen LogP contribution in [0.25, 0.3) is 0 Å². The molecular formula is C23H33F3O. The van der Waals surface area contributed by atoms with Crippen molar-refractivity contribution in [2.45, 2.75) is 83.5 Å². The first-order valence-electron chi connectivity index (χ1n) is 10.7. The van der Waals surface area contributed by atoms with E-state index in [4.69, 9.17) is 4.74 Å². The van der Waals surface area contributed by atoms with E-state index in [-0.39, 0.29) is 24.0 Å². The zero-order chi connectivity index (χ0) is 19.4. The lowest BCUT2D eigenvalue weighted by Crippen LogP contribution is -2.40. The van der Waals surface area contributed by atoms with Crippen LogP contribution in [0.4, 0.5) is 13.2 Å². The van der Waals surface area contributed by atoms with Crippen LogP contribution in [0, 0.1) is 23.6 Å². The molecule has 0 spiro atoms. The first-order chi connectivity index (χ1) is 12.9. The predicted octanol–water partition coefficient (Wildman–Crippen LogP) is 7.35. The minimum atomic E-state index is -2.65. The summed E-state index contributed by atoms with van der Waals surface area (Å²) in [6.07, 6.45) is 7.67. The molecule has 3 rings (SSSR count). The normalized spacial score (nSPS) is 30.9. The third kappa shape index (κ3) is 4.81. The van der Waals surface area contributed by atoms with E-state index in [0.29, 0.717) is 18.6 Å². The molecule has 1 aromatic rings. The Bertz CT molecular complexity index is 608. The molecule has 0 unspecified atom stereocenters. The summed E-state index contributed by atoms with van der Waals surface area (Å²) in [5.74, 6) is -2.77. The van der Waals surface area contributed by atoms with Crippen LogP contribution in [0.15, 0.2) is 18.2 Å². The van der Waals surface area contributed by atoms with Crippen molar-refractivity contribution in [3.63, 3.8) is 0 Å². The lowest BCUT2D eigenvalue weighted by molar-refractivity contribution is -0.118. The Hall–Kier alpha value is -1.19. The number of rotatable bonds is 6. The molecule has 27 heavy (non-hydrogen) atoms. The van der Waals surface area contributed by atoms with Gasteiger partial charge in [0.2, 0.25) is 0 Å². The summed E-state index contributed by atoms with van der Waals surface area (Å²) in [4.78, 5) is 0. The van der Waals surface area contributed by atoms with Gasteiger partial charge >= 0.3 is 0 Å². The highest BCUT2D eigenvalue weighted by molar-refractivity contribution is 5.32. The van der Waals surface area contributed by atoms with E-state index in [2.05, 4.69) is 6.92 Å². The van der Waals surface area contributed by atoms with E-state index in [1.54, 1.807) is 19.1 Å². The van der Waals surface area contributed by atoms with Gasteiger partial charge in [-0.3, -0.25) is 0 Å². The molecule has 0 saturated heterocycles. The van der Waals surface area contributed by atoms with Gasteiger partial charge in [-0.15, -0.1) is 0 Å². The van der Waals surface area contributed by atoms with Gasteiger partial charge in [0.15, 0.2) is 11.6 Å². The second kappa shape index (κ2) is 8.87. The summed E-state index contributed by atoms with van der Waals surface area (Å²) in [7, 11) is 0. The van der Waals surface area contributed by atoms with Crippen LogP contribution in [0.5, 0.6) is 5.75 Å². The number of hydrogen-bond acceptors (Lipinski definition) is 1. The molecule has 0 radical (unpaired) electrons. The molecule has 1 nitrogen and oxygen atoms in total. The Kier molecular flexibility index (Phi) is 6.75. The van der Waals surface area contributed by atoms with Crippen LogP contribution in [-0.4, -0.2) is 12.5 Å². The van der Waals surface area contributed by atoms with E-state index >= 15 is 8.78 Å². The molecule has 2 saturated carbocycles. The first-order valence-corrected chi connectivity index (χ1v) is 10.7. The second-order valence-electron chi connectivity index (χ2n) is 8.54. The summed E-state index contributed by atoms with van der Waals surface area (Å²) in [6.45, 7) is 4.39. The Morgan fingerprint density at radius 2 is 1.78 bits per heavy atom. The van der Waals surface area contributed by atoms with Gasteiger partial charge < -0.3 is 4.74 Å². The standard InChI is InChI=1S/C23H33F3O/c1-3-5-16-6-8-17(9-7-16)20-12-10-19(15-23(20,25)26)18-11-13-22(27-4-2)21(24)14-18/h11,13-14,16-17,19-20H,3-10,12,15H2,1-2H3/t16?,17?,19-,20+/m0/s1. The second-order valence-corrected chi connectivity index (χ2v) is 8.54. The molecule has 0 N–H and O–H groups in total. The number of ether oxygens (including phenoxy) is 1. The quantitative estimate of drug-likeness (QED) is 0.500. The van der Waals surface area contributed by atoms with Gasteiger partial charge in [-0.05, 0) is 68.1 Å². The van der Waals surface area contributed by atoms with Crippen LogP contribution < -0.4 is 4.74 Å². The molecule has 1 aromatic carbocycles. The Labute approximate surface area is 161 Å². The van der Waals surface area contributed by atoms with Crippen molar-refractivity contribution in [1.29, 1.82) is 0 Å². The molecule has 0 amide bonds. The highest BCUT2D eigenvalue weighted by Crippen LogP contribution is 2.51. The van der Waals surface area contributed by atoms with Crippen LogP contribution in [0.3, 0.4) is 0 Å². The van der Waals surface area contributed by atoms with Crippen LogP contribution in [-0.2, 0) is 0 Å². The third-order valence-electron chi connectivity index (χ3n) is 6.77. The smallest absolute Gasteiger partial charge is 0.251 e. The Morgan fingerprint density at radius 1 is 1.04 bits per heavy atom. The van der Waals surface area contributed by atoms with E-state index in [9.17, 15) is 4.39 Å². The van der Waals surface area contributed by atoms with E-state index in [1.165, 1.54) is 18.9 Å². The fraction of sp³-hybridized carbons (Fsp3) is 0.739. The largest absolute Gasteiger partial charge is 0.491 e. The fourth-order valence-electron chi connectivity index (χ4n) is 5.37. The zero-order valence-corrected chi connectivity index (χ0v) is 16.7.